The van der Waals surface area contributed by atoms with Crippen LogP contribution in [0.15, 0.2) is 16.8 Å². The van der Waals surface area contributed by atoms with E-state index in [4.69, 9.17) is 5.73 Å². The minimum absolute atomic E-state index is 0.0659. The summed E-state index contributed by atoms with van der Waals surface area (Å²) in [5.41, 5.74) is 5.68. The molecular formula is C16H26N2O3. The topological polar surface area (TPSA) is 92.8 Å². The summed E-state index contributed by atoms with van der Waals surface area (Å²) >= 11 is 0. The molecular weight excluding hydrogens is 268 g/mol. The minimum Gasteiger partial charge on any atom is -0.478 e. The molecule has 0 heterocycles. The fourth-order valence-electron chi connectivity index (χ4n) is 2.71. The first-order valence-corrected chi connectivity index (χ1v) is 7.41. The largest absolute Gasteiger partial charge is 0.478 e. The van der Waals surface area contributed by atoms with Crippen LogP contribution < -0.4 is 5.73 Å². The molecule has 5 nitrogen and oxygen atoms in total. The number of carbonyl (C=O) groups excluding carboxylic acids is 1. The van der Waals surface area contributed by atoms with Gasteiger partial charge in [-0.3, -0.25) is 9.79 Å². The molecule has 0 aromatic carbocycles. The zero-order valence-electron chi connectivity index (χ0n) is 13.3. The van der Waals surface area contributed by atoms with Crippen molar-refractivity contribution in [1.29, 1.82) is 0 Å². The van der Waals surface area contributed by atoms with Crippen LogP contribution in [0.2, 0.25) is 0 Å². The van der Waals surface area contributed by atoms with Crippen LogP contribution in [0.25, 0.3) is 0 Å². The van der Waals surface area contributed by atoms with E-state index in [0.717, 1.165) is 31.9 Å². The molecule has 0 atom stereocenters. The maximum Gasteiger partial charge on any atom is 0.339 e. The van der Waals surface area contributed by atoms with Crippen molar-refractivity contribution in [2.45, 2.75) is 59.4 Å². The Bertz CT molecular complexity index is 464. The van der Waals surface area contributed by atoms with E-state index in [2.05, 4.69) is 4.99 Å². The predicted molar refractivity (Wildman–Crippen MR) is 83.2 cm³/mol. The molecule has 1 aliphatic carbocycles. The van der Waals surface area contributed by atoms with Gasteiger partial charge in [0.1, 0.15) is 5.78 Å². The van der Waals surface area contributed by atoms with E-state index in [1.165, 1.54) is 0 Å². The molecule has 0 saturated heterocycles. The lowest BCUT2D eigenvalue weighted by Crippen LogP contribution is -2.30. The van der Waals surface area contributed by atoms with Crippen molar-refractivity contribution in [1.82, 2.24) is 0 Å². The summed E-state index contributed by atoms with van der Waals surface area (Å²) in [6.07, 6.45) is 4.42. The average molecular weight is 294 g/mol. The van der Waals surface area contributed by atoms with Gasteiger partial charge in [-0.2, -0.15) is 0 Å². The Morgan fingerprint density at radius 2 is 1.71 bits per heavy atom. The van der Waals surface area contributed by atoms with Crippen molar-refractivity contribution in [3.63, 3.8) is 0 Å². The standard InChI is InChI=1S/C16H26N2O3/c1-10(19)11-5-7-12(8-6-11)18-14(16(2,3)4)13(9-17)15(20)21/h9,11-12H,5-8,17H2,1-4H3,(H,20,21). The Balaban J connectivity index is 2.96. The Labute approximate surface area is 126 Å². The van der Waals surface area contributed by atoms with Crippen LogP contribution in [0.1, 0.15) is 53.4 Å². The lowest BCUT2D eigenvalue weighted by Gasteiger charge is -2.28. The number of carbonyl (C=O) groups is 2. The van der Waals surface area contributed by atoms with Crippen LogP contribution in [-0.4, -0.2) is 28.6 Å². The fraction of sp³-hybridized carbons (Fsp3) is 0.688. The lowest BCUT2D eigenvalue weighted by molar-refractivity contribution is -0.132. The van der Waals surface area contributed by atoms with Gasteiger partial charge < -0.3 is 10.8 Å². The van der Waals surface area contributed by atoms with Gasteiger partial charge in [-0.1, -0.05) is 20.8 Å². The molecule has 3 N–H and O–H groups in total. The molecule has 0 amide bonds. The van der Waals surface area contributed by atoms with Crippen LogP contribution in [0.5, 0.6) is 0 Å². The Morgan fingerprint density at radius 3 is 2.05 bits per heavy atom. The van der Waals surface area contributed by atoms with Gasteiger partial charge in [0.05, 0.1) is 17.3 Å². The second kappa shape index (κ2) is 6.87. The number of nitrogens with zero attached hydrogens (tertiary/aromatic N) is 1. The highest BCUT2D eigenvalue weighted by Gasteiger charge is 2.30. The Morgan fingerprint density at radius 1 is 1.19 bits per heavy atom. The summed E-state index contributed by atoms with van der Waals surface area (Å²) in [4.78, 5) is 27.4. The third kappa shape index (κ3) is 4.69. The summed E-state index contributed by atoms with van der Waals surface area (Å²) in [5.74, 6) is -0.677. The van der Waals surface area contributed by atoms with Gasteiger partial charge in [0.25, 0.3) is 0 Å². The highest BCUT2D eigenvalue weighted by molar-refractivity contribution is 6.21. The highest BCUT2D eigenvalue weighted by atomic mass is 16.4. The molecule has 118 valence electrons. The van der Waals surface area contributed by atoms with E-state index in [0.29, 0.717) is 5.71 Å². The molecule has 5 heteroatoms. The van der Waals surface area contributed by atoms with Crippen LogP contribution in [0.4, 0.5) is 0 Å². The molecule has 1 saturated carbocycles. The van der Waals surface area contributed by atoms with Gasteiger partial charge in [-0.15, -0.1) is 0 Å². The van der Waals surface area contributed by atoms with Gasteiger partial charge >= 0.3 is 5.97 Å². The molecule has 1 fully saturated rings. The van der Waals surface area contributed by atoms with E-state index in [9.17, 15) is 14.7 Å². The molecule has 0 aliphatic heterocycles. The van der Waals surface area contributed by atoms with E-state index in [1.807, 2.05) is 20.8 Å². The van der Waals surface area contributed by atoms with Crippen molar-refractivity contribution in [3.05, 3.63) is 11.8 Å². The van der Waals surface area contributed by atoms with Crippen LogP contribution >= 0.6 is 0 Å². The average Bonchev–Trinajstić information content (AvgIpc) is 2.37. The first-order chi connectivity index (χ1) is 9.66. The SMILES string of the molecule is CC(=O)C1CCC(N=C(C(=CN)C(=O)O)C(C)(C)C)CC1. The number of aliphatic carboxylic acids is 1. The maximum atomic E-state index is 11.4. The quantitative estimate of drug-likeness (QED) is 0.615. The van der Waals surface area contributed by atoms with Gasteiger partial charge in [-0.25, -0.2) is 4.79 Å². The molecule has 0 aromatic rings. The summed E-state index contributed by atoms with van der Waals surface area (Å²) in [6, 6.07) is 0.0733. The summed E-state index contributed by atoms with van der Waals surface area (Å²) in [5, 5.41) is 9.28. The van der Waals surface area contributed by atoms with Crippen LogP contribution in [-0.2, 0) is 9.59 Å². The molecule has 1 aliphatic rings. The maximum absolute atomic E-state index is 11.4. The predicted octanol–water partition coefficient (Wildman–Crippen LogP) is 2.55. The number of ketones is 1. The van der Waals surface area contributed by atoms with Crippen molar-refractivity contribution in [2.75, 3.05) is 0 Å². The molecule has 21 heavy (non-hydrogen) atoms. The summed E-state index contributed by atoms with van der Waals surface area (Å²) < 4.78 is 0. The summed E-state index contributed by atoms with van der Waals surface area (Å²) in [7, 11) is 0. The van der Waals surface area contributed by atoms with Crippen molar-refractivity contribution in [2.24, 2.45) is 22.1 Å². The Hall–Kier alpha value is -1.65. The second-order valence-electron chi connectivity index (χ2n) is 6.73. The van der Waals surface area contributed by atoms with E-state index >= 15 is 0 Å². The minimum atomic E-state index is -1.05. The van der Waals surface area contributed by atoms with Gasteiger partial charge in [-0.05, 0) is 32.6 Å². The summed E-state index contributed by atoms with van der Waals surface area (Å²) in [6.45, 7) is 7.42. The van der Waals surface area contributed by atoms with Crippen molar-refractivity contribution >= 4 is 17.5 Å². The monoisotopic (exact) mass is 294 g/mol. The van der Waals surface area contributed by atoms with E-state index < -0.39 is 5.97 Å². The number of hydrogen-bond donors (Lipinski definition) is 2. The molecule has 1 rings (SSSR count). The number of nitrogens with two attached hydrogens (primary N) is 1. The fourth-order valence-corrected chi connectivity index (χ4v) is 2.71. The molecule has 0 unspecified atom stereocenters. The van der Waals surface area contributed by atoms with Gasteiger partial charge in [0.2, 0.25) is 0 Å². The smallest absolute Gasteiger partial charge is 0.339 e. The first kappa shape index (κ1) is 17.4. The van der Waals surface area contributed by atoms with Crippen molar-refractivity contribution in [3.8, 4) is 0 Å². The third-order valence-corrected chi connectivity index (χ3v) is 3.95. The molecule has 0 aromatic heterocycles. The number of Topliss-reactive ketones (excluding diaryl/α,β-unsaturated/α-hetero) is 1. The number of rotatable bonds is 4. The van der Waals surface area contributed by atoms with Gasteiger partial charge in [0.15, 0.2) is 0 Å². The van der Waals surface area contributed by atoms with Crippen LogP contribution in [0.3, 0.4) is 0 Å². The zero-order valence-corrected chi connectivity index (χ0v) is 13.3. The zero-order chi connectivity index (χ0) is 16.2. The molecule has 0 bridgehead atoms. The number of carboxylic acids is 1. The number of aliphatic imine (C=N–C) groups is 1. The normalized spacial score (nSPS) is 24.8. The lowest BCUT2D eigenvalue weighted by atomic mass is 9.82. The van der Waals surface area contributed by atoms with Crippen molar-refractivity contribution < 1.29 is 14.7 Å². The number of carboxylic acid groups (broad SMARTS) is 1. The Kier molecular flexibility index (Phi) is 5.70. The first-order valence-electron chi connectivity index (χ1n) is 7.41. The van der Waals surface area contributed by atoms with Crippen LogP contribution in [0, 0.1) is 11.3 Å². The second-order valence-corrected chi connectivity index (χ2v) is 6.73. The highest BCUT2D eigenvalue weighted by Crippen LogP contribution is 2.30. The molecule has 0 spiro atoms. The third-order valence-electron chi connectivity index (χ3n) is 3.95. The van der Waals surface area contributed by atoms with E-state index in [1.54, 1.807) is 6.92 Å². The molecule has 0 radical (unpaired) electrons. The van der Waals surface area contributed by atoms with E-state index in [-0.39, 0.29) is 28.7 Å². The number of hydrogen-bond acceptors (Lipinski definition) is 4. The van der Waals surface area contributed by atoms with Gasteiger partial charge in [0, 0.05) is 17.5 Å².